The number of hydrogen-bond donors (Lipinski definition) is 1. The van der Waals surface area contributed by atoms with Crippen LogP contribution in [-0.2, 0) is 13.2 Å². The van der Waals surface area contributed by atoms with Crippen LogP contribution in [0.1, 0.15) is 24.3 Å². The van der Waals surface area contributed by atoms with Crippen LogP contribution in [0.2, 0.25) is 0 Å². The van der Waals surface area contributed by atoms with Gasteiger partial charge in [0.05, 0.1) is 6.61 Å². The average molecular weight is 328 g/mol. The Morgan fingerprint density at radius 3 is 2.62 bits per heavy atom. The van der Waals surface area contributed by atoms with E-state index < -0.39 is 0 Å². The lowest BCUT2D eigenvalue weighted by Gasteiger charge is -2.13. The minimum atomic E-state index is 0. The maximum Gasteiger partial charge on any atom is 0.161 e. The summed E-state index contributed by atoms with van der Waals surface area (Å²) >= 11 is 1.70. The van der Waals surface area contributed by atoms with Crippen LogP contribution in [0.4, 0.5) is 0 Å². The highest BCUT2D eigenvalue weighted by atomic mass is 35.5. The molecular formula is C16H22ClNO2S. The van der Waals surface area contributed by atoms with Crippen LogP contribution in [0, 0.1) is 0 Å². The monoisotopic (exact) mass is 327 g/mol. The first-order valence-corrected chi connectivity index (χ1v) is 7.83. The molecule has 0 atom stereocenters. The Kier molecular flexibility index (Phi) is 8.20. The minimum Gasteiger partial charge on any atom is -0.490 e. The molecule has 2 rings (SSSR count). The van der Waals surface area contributed by atoms with Crippen LogP contribution >= 0.6 is 23.7 Å². The Morgan fingerprint density at radius 1 is 1.10 bits per heavy atom. The molecule has 5 heteroatoms. The van der Waals surface area contributed by atoms with Crippen molar-refractivity contribution in [3.8, 4) is 11.5 Å². The molecule has 0 amide bonds. The van der Waals surface area contributed by atoms with Crippen molar-refractivity contribution < 1.29 is 9.47 Å². The van der Waals surface area contributed by atoms with E-state index in [1.54, 1.807) is 11.3 Å². The summed E-state index contributed by atoms with van der Waals surface area (Å²) in [7, 11) is 0. The number of thiophene rings is 1. The lowest BCUT2D eigenvalue weighted by atomic mass is 10.2. The third-order valence-corrected chi connectivity index (χ3v) is 3.69. The summed E-state index contributed by atoms with van der Waals surface area (Å²) in [6.07, 6.45) is 0. The van der Waals surface area contributed by atoms with E-state index in [9.17, 15) is 0 Å². The molecule has 3 nitrogen and oxygen atoms in total. The molecule has 0 aliphatic carbocycles. The summed E-state index contributed by atoms with van der Waals surface area (Å²) < 4.78 is 11.5. The molecule has 116 valence electrons. The van der Waals surface area contributed by atoms with Gasteiger partial charge in [-0.05, 0) is 42.6 Å². The average Bonchev–Trinajstić information content (AvgIpc) is 2.98. The topological polar surface area (TPSA) is 30.5 Å². The van der Waals surface area contributed by atoms with Crippen molar-refractivity contribution in [1.82, 2.24) is 5.32 Å². The predicted molar refractivity (Wildman–Crippen MR) is 90.9 cm³/mol. The fourth-order valence-electron chi connectivity index (χ4n) is 1.86. The summed E-state index contributed by atoms with van der Waals surface area (Å²) in [5, 5.41) is 5.37. The molecule has 1 aromatic carbocycles. The lowest BCUT2D eigenvalue weighted by Crippen LogP contribution is -2.11. The van der Waals surface area contributed by atoms with Crippen molar-refractivity contribution in [2.45, 2.75) is 27.0 Å². The third-order valence-electron chi connectivity index (χ3n) is 2.84. The predicted octanol–water partition coefficient (Wildman–Crippen LogP) is 4.26. The normalized spacial score (nSPS) is 10.0. The van der Waals surface area contributed by atoms with Gasteiger partial charge in [-0.15, -0.1) is 23.7 Å². The number of nitrogens with one attached hydrogen (secondary N) is 1. The molecule has 0 saturated heterocycles. The van der Waals surface area contributed by atoms with E-state index in [-0.39, 0.29) is 12.4 Å². The van der Waals surface area contributed by atoms with Gasteiger partial charge < -0.3 is 14.8 Å². The largest absolute Gasteiger partial charge is 0.490 e. The van der Waals surface area contributed by atoms with Crippen LogP contribution in [0.3, 0.4) is 0 Å². The van der Waals surface area contributed by atoms with Crippen molar-refractivity contribution in [2.75, 3.05) is 13.2 Å². The Bertz CT molecular complexity index is 517. The van der Waals surface area contributed by atoms with Crippen LogP contribution in [0.5, 0.6) is 11.5 Å². The SMILES string of the molecule is CCNCc1ccc(OCc2cccs2)c(OCC)c1.Cl. The number of hydrogen-bond acceptors (Lipinski definition) is 4. The number of halogens is 1. The molecule has 0 aliphatic rings. The quantitative estimate of drug-likeness (QED) is 0.786. The molecule has 0 unspecified atom stereocenters. The second kappa shape index (κ2) is 9.66. The van der Waals surface area contributed by atoms with Crippen LogP contribution in [-0.4, -0.2) is 13.2 Å². The van der Waals surface area contributed by atoms with Gasteiger partial charge in [-0.3, -0.25) is 0 Å². The van der Waals surface area contributed by atoms with Gasteiger partial charge in [-0.25, -0.2) is 0 Å². The summed E-state index contributed by atoms with van der Waals surface area (Å²) in [5.74, 6) is 1.62. The molecule has 0 radical (unpaired) electrons. The maximum absolute atomic E-state index is 5.86. The minimum absolute atomic E-state index is 0. The zero-order valence-electron chi connectivity index (χ0n) is 12.4. The summed E-state index contributed by atoms with van der Waals surface area (Å²) in [4.78, 5) is 1.21. The molecule has 1 heterocycles. The summed E-state index contributed by atoms with van der Waals surface area (Å²) in [6.45, 7) is 7.12. The highest BCUT2D eigenvalue weighted by Crippen LogP contribution is 2.29. The first-order valence-electron chi connectivity index (χ1n) is 6.95. The molecular weight excluding hydrogens is 306 g/mol. The zero-order chi connectivity index (χ0) is 14.2. The van der Waals surface area contributed by atoms with Crippen LogP contribution < -0.4 is 14.8 Å². The molecule has 0 spiro atoms. The van der Waals surface area contributed by atoms with E-state index in [1.807, 2.05) is 19.1 Å². The van der Waals surface area contributed by atoms with Crippen molar-refractivity contribution in [2.24, 2.45) is 0 Å². The van der Waals surface area contributed by atoms with E-state index in [1.165, 1.54) is 10.4 Å². The smallest absolute Gasteiger partial charge is 0.161 e. The maximum atomic E-state index is 5.86. The molecule has 0 fully saturated rings. The zero-order valence-corrected chi connectivity index (χ0v) is 14.1. The number of ether oxygens (including phenoxy) is 2. The second-order valence-electron chi connectivity index (χ2n) is 4.36. The van der Waals surface area contributed by atoms with Gasteiger partial charge >= 0.3 is 0 Å². The van der Waals surface area contributed by atoms with Gasteiger partial charge in [0.2, 0.25) is 0 Å². The molecule has 21 heavy (non-hydrogen) atoms. The first-order chi connectivity index (χ1) is 9.83. The van der Waals surface area contributed by atoms with Crippen molar-refractivity contribution in [1.29, 1.82) is 0 Å². The number of rotatable bonds is 8. The van der Waals surface area contributed by atoms with Crippen molar-refractivity contribution >= 4 is 23.7 Å². The van der Waals surface area contributed by atoms with Gasteiger partial charge in [0, 0.05) is 11.4 Å². The fourth-order valence-corrected chi connectivity index (χ4v) is 2.48. The Morgan fingerprint density at radius 2 is 1.95 bits per heavy atom. The van der Waals surface area contributed by atoms with E-state index in [4.69, 9.17) is 9.47 Å². The molecule has 0 saturated carbocycles. The van der Waals surface area contributed by atoms with Crippen LogP contribution in [0.15, 0.2) is 35.7 Å². The third kappa shape index (κ3) is 5.58. The Hall–Kier alpha value is -1.23. The molecule has 0 aliphatic heterocycles. The standard InChI is InChI=1S/C16H21NO2S.ClH/c1-3-17-11-13-7-8-15(16(10-13)18-4-2)19-12-14-6-5-9-20-14;/h5-10,17H,3-4,11-12H2,1-2H3;1H. The van der Waals surface area contributed by atoms with Gasteiger partial charge in [0.1, 0.15) is 6.61 Å². The Balaban J connectivity index is 0.00000220. The highest BCUT2D eigenvalue weighted by molar-refractivity contribution is 7.09. The first kappa shape index (κ1) is 17.8. The molecule has 1 aromatic heterocycles. The van der Waals surface area contributed by atoms with Crippen LogP contribution in [0.25, 0.3) is 0 Å². The lowest BCUT2D eigenvalue weighted by molar-refractivity contribution is 0.271. The highest BCUT2D eigenvalue weighted by Gasteiger charge is 2.07. The van der Waals surface area contributed by atoms with E-state index in [0.29, 0.717) is 13.2 Å². The second-order valence-corrected chi connectivity index (χ2v) is 5.39. The van der Waals surface area contributed by atoms with E-state index in [0.717, 1.165) is 24.6 Å². The van der Waals surface area contributed by atoms with Gasteiger partial charge in [-0.2, -0.15) is 0 Å². The van der Waals surface area contributed by atoms with Crippen molar-refractivity contribution in [3.63, 3.8) is 0 Å². The molecule has 2 aromatic rings. The fraction of sp³-hybridized carbons (Fsp3) is 0.375. The summed E-state index contributed by atoms with van der Waals surface area (Å²) in [5.41, 5.74) is 1.21. The van der Waals surface area contributed by atoms with Gasteiger partial charge in [0.15, 0.2) is 11.5 Å². The summed E-state index contributed by atoms with van der Waals surface area (Å²) in [6, 6.07) is 10.2. The van der Waals surface area contributed by atoms with Crippen molar-refractivity contribution in [3.05, 3.63) is 46.2 Å². The van der Waals surface area contributed by atoms with E-state index in [2.05, 4.69) is 35.8 Å². The molecule has 1 N–H and O–H groups in total. The van der Waals surface area contributed by atoms with Gasteiger partial charge in [0.25, 0.3) is 0 Å². The molecule has 0 bridgehead atoms. The Labute approximate surface area is 136 Å². The van der Waals surface area contributed by atoms with E-state index >= 15 is 0 Å². The van der Waals surface area contributed by atoms with Gasteiger partial charge in [-0.1, -0.05) is 19.1 Å². The number of benzene rings is 1.